The summed E-state index contributed by atoms with van der Waals surface area (Å²) in [4.78, 5) is 2.36. The molecule has 0 bridgehead atoms. The summed E-state index contributed by atoms with van der Waals surface area (Å²) in [5.41, 5.74) is 0. The first kappa shape index (κ1) is 12.3. The van der Waals surface area contributed by atoms with Gasteiger partial charge in [0.15, 0.2) is 0 Å². The van der Waals surface area contributed by atoms with E-state index in [0.29, 0.717) is 6.04 Å². The molecule has 2 nitrogen and oxygen atoms in total. The minimum atomic E-state index is 0.624. The van der Waals surface area contributed by atoms with Crippen LogP contribution in [0.25, 0.3) is 0 Å². The second-order valence-corrected chi connectivity index (χ2v) is 5.01. The van der Waals surface area contributed by atoms with Gasteiger partial charge in [-0.25, -0.2) is 0 Å². The van der Waals surface area contributed by atoms with Crippen LogP contribution in [0.3, 0.4) is 0 Å². The summed E-state index contributed by atoms with van der Waals surface area (Å²) in [5.74, 6) is 0.882. The zero-order valence-electron chi connectivity index (χ0n) is 9.66. The lowest BCUT2D eigenvalue weighted by atomic mass is 9.90. The van der Waals surface area contributed by atoms with Gasteiger partial charge in [0.05, 0.1) is 0 Å². The number of rotatable bonds is 4. The van der Waals surface area contributed by atoms with Crippen molar-refractivity contribution in [1.82, 2.24) is 10.2 Å². The Kier molecular flexibility index (Phi) is 5.28. The van der Waals surface area contributed by atoms with Gasteiger partial charge in [0.25, 0.3) is 0 Å². The normalized spacial score (nSPS) is 28.7. The highest BCUT2D eigenvalue weighted by molar-refractivity contribution is 7.80. The van der Waals surface area contributed by atoms with Crippen LogP contribution >= 0.6 is 12.6 Å². The Morgan fingerprint density at radius 3 is 2.29 bits per heavy atom. The first-order valence-corrected chi connectivity index (χ1v) is 6.34. The van der Waals surface area contributed by atoms with Crippen LogP contribution in [-0.4, -0.2) is 35.9 Å². The third-order valence-corrected chi connectivity index (χ3v) is 3.56. The summed E-state index contributed by atoms with van der Waals surface area (Å²) in [7, 11) is 2.17. The molecule has 0 aliphatic heterocycles. The van der Waals surface area contributed by atoms with E-state index in [2.05, 4.69) is 43.7 Å². The quantitative estimate of drug-likeness (QED) is 0.553. The van der Waals surface area contributed by atoms with Gasteiger partial charge in [0, 0.05) is 24.0 Å². The van der Waals surface area contributed by atoms with Crippen LogP contribution in [0.2, 0.25) is 0 Å². The fourth-order valence-electron chi connectivity index (χ4n) is 2.27. The molecule has 1 N–H and O–H groups in total. The Balaban J connectivity index is 2.24. The number of nitrogens with zero attached hydrogens (tertiary/aromatic N) is 1. The molecule has 0 aromatic heterocycles. The Labute approximate surface area is 93.8 Å². The standard InChI is InChI=1S/C11H24N2S/c1-9(2)12-10-4-6-11(7-5-10)13(3)8-14/h9-12,14H,4-8H2,1-3H3. The van der Waals surface area contributed by atoms with Crippen molar-refractivity contribution < 1.29 is 0 Å². The Morgan fingerprint density at radius 2 is 1.86 bits per heavy atom. The molecule has 3 heteroatoms. The second-order valence-electron chi connectivity index (χ2n) is 4.73. The first-order valence-electron chi connectivity index (χ1n) is 5.70. The fraction of sp³-hybridized carbons (Fsp3) is 1.00. The van der Waals surface area contributed by atoms with Crippen LogP contribution in [0.1, 0.15) is 39.5 Å². The third-order valence-electron chi connectivity index (χ3n) is 3.11. The van der Waals surface area contributed by atoms with E-state index in [1.54, 1.807) is 0 Å². The van der Waals surface area contributed by atoms with Crippen molar-refractivity contribution in [2.24, 2.45) is 0 Å². The van der Waals surface area contributed by atoms with Gasteiger partial charge >= 0.3 is 0 Å². The van der Waals surface area contributed by atoms with E-state index in [4.69, 9.17) is 0 Å². The molecule has 0 atom stereocenters. The molecule has 0 spiro atoms. The highest BCUT2D eigenvalue weighted by Gasteiger charge is 2.23. The predicted octanol–water partition coefficient (Wildman–Crippen LogP) is 2.11. The van der Waals surface area contributed by atoms with Crippen molar-refractivity contribution in [2.45, 2.75) is 57.7 Å². The molecule has 0 radical (unpaired) electrons. The highest BCUT2D eigenvalue weighted by Crippen LogP contribution is 2.22. The summed E-state index contributed by atoms with van der Waals surface area (Å²) in [5, 5.41) is 3.62. The predicted molar refractivity (Wildman–Crippen MR) is 65.9 cm³/mol. The zero-order valence-corrected chi connectivity index (χ0v) is 10.6. The molecule has 0 aromatic carbocycles. The number of nitrogens with one attached hydrogen (secondary N) is 1. The van der Waals surface area contributed by atoms with E-state index in [1.165, 1.54) is 25.7 Å². The Morgan fingerprint density at radius 1 is 1.29 bits per heavy atom. The van der Waals surface area contributed by atoms with Gasteiger partial charge in [-0.15, -0.1) is 0 Å². The van der Waals surface area contributed by atoms with Crippen LogP contribution in [0.15, 0.2) is 0 Å². The van der Waals surface area contributed by atoms with Gasteiger partial charge in [-0.1, -0.05) is 13.8 Å². The van der Waals surface area contributed by atoms with E-state index in [0.717, 1.165) is 18.0 Å². The molecule has 1 aliphatic rings. The van der Waals surface area contributed by atoms with Crippen LogP contribution in [0.5, 0.6) is 0 Å². The van der Waals surface area contributed by atoms with E-state index < -0.39 is 0 Å². The maximum absolute atomic E-state index is 4.31. The average molecular weight is 216 g/mol. The van der Waals surface area contributed by atoms with E-state index >= 15 is 0 Å². The van der Waals surface area contributed by atoms with Crippen LogP contribution in [0.4, 0.5) is 0 Å². The van der Waals surface area contributed by atoms with Crippen LogP contribution in [-0.2, 0) is 0 Å². The molecule has 0 aromatic rings. The van der Waals surface area contributed by atoms with Gasteiger partial charge in [-0.05, 0) is 32.7 Å². The van der Waals surface area contributed by atoms with Crippen molar-refractivity contribution in [2.75, 3.05) is 12.9 Å². The van der Waals surface area contributed by atoms with Gasteiger partial charge in [-0.3, -0.25) is 4.90 Å². The first-order chi connectivity index (χ1) is 6.63. The van der Waals surface area contributed by atoms with E-state index in [1.807, 2.05) is 0 Å². The molecular weight excluding hydrogens is 192 g/mol. The summed E-state index contributed by atoms with van der Waals surface area (Å²) in [6.07, 6.45) is 5.28. The molecule has 0 saturated heterocycles. The van der Waals surface area contributed by atoms with Crippen molar-refractivity contribution in [3.8, 4) is 0 Å². The topological polar surface area (TPSA) is 15.3 Å². The molecule has 0 heterocycles. The second kappa shape index (κ2) is 5.99. The fourth-order valence-corrected chi connectivity index (χ4v) is 2.50. The lowest BCUT2D eigenvalue weighted by Crippen LogP contribution is -2.42. The Hall–Kier alpha value is 0.270. The molecule has 1 aliphatic carbocycles. The van der Waals surface area contributed by atoms with Gasteiger partial charge in [0.1, 0.15) is 0 Å². The molecule has 84 valence electrons. The van der Waals surface area contributed by atoms with Crippen LogP contribution < -0.4 is 5.32 Å². The van der Waals surface area contributed by atoms with E-state index in [-0.39, 0.29) is 0 Å². The Bertz CT molecular complexity index is 153. The summed E-state index contributed by atoms with van der Waals surface area (Å²) in [6, 6.07) is 2.14. The van der Waals surface area contributed by atoms with Crippen molar-refractivity contribution >= 4 is 12.6 Å². The van der Waals surface area contributed by atoms with Gasteiger partial charge in [0.2, 0.25) is 0 Å². The maximum atomic E-state index is 4.31. The number of hydrogen-bond donors (Lipinski definition) is 2. The highest BCUT2D eigenvalue weighted by atomic mass is 32.1. The monoisotopic (exact) mass is 216 g/mol. The molecule has 1 saturated carbocycles. The molecule has 0 amide bonds. The molecule has 0 unspecified atom stereocenters. The molecular formula is C11H24N2S. The maximum Gasteiger partial charge on any atom is 0.0414 e. The van der Waals surface area contributed by atoms with Crippen LogP contribution in [0, 0.1) is 0 Å². The van der Waals surface area contributed by atoms with Crippen molar-refractivity contribution in [3.05, 3.63) is 0 Å². The van der Waals surface area contributed by atoms with Gasteiger partial charge in [-0.2, -0.15) is 12.6 Å². The van der Waals surface area contributed by atoms with Crippen molar-refractivity contribution in [1.29, 1.82) is 0 Å². The average Bonchev–Trinajstić information content (AvgIpc) is 2.17. The lowest BCUT2D eigenvalue weighted by molar-refractivity contribution is 0.195. The zero-order chi connectivity index (χ0) is 10.6. The molecule has 14 heavy (non-hydrogen) atoms. The molecule has 1 fully saturated rings. The third kappa shape index (κ3) is 3.79. The minimum Gasteiger partial charge on any atom is -0.312 e. The summed E-state index contributed by atoms with van der Waals surface area (Å²) in [6.45, 7) is 4.46. The smallest absolute Gasteiger partial charge is 0.0414 e. The SMILES string of the molecule is CC(C)NC1CCC(N(C)CS)CC1. The van der Waals surface area contributed by atoms with Gasteiger partial charge < -0.3 is 5.32 Å². The lowest BCUT2D eigenvalue weighted by Gasteiger charge is -2.34. The molecule has 1 rings (SSSR count). The van der Waals surface area contributed by atoms with Crippen molar-refractivity contribution in [3.63, 3.8) is 0 Å². The van der Waals surface area contributed by atoms with E-state index in [9.17, 15) is 0 Å². The largest absolute Gasteiger partial charge is 0.312 e. The minimum absolute atomic E-state index is 0.624. The number of hydrogen-bond acceptors (Lipinski definition) is 3. The summed E-state index contributed by atoms with van der Waals surface area (Å²) < 4.78 is 0. The summed E-state index contributed by atoms with van der Waals surface area (Å²) >= 11 is 4.31. The number of thiol groups is 1.